The fourth-order valence-electron chi connectivity index (χ4n) is 3.14. The Bertz CT molecular complexity index is 658. The van der Waals surface area contributed by atoms with E-state index in [1.807, 2.05) is 56.9 Å². The van der Waals surface area contributed by atoms with Crippen molar-refractivity contribution in [1.29, 1.82) is 0 Å². The highest BCUT2D eigenvalue weighted by atomic mass is 35.5. The van der Waals surface area contributed by atoms with Crippen molar-refractivity contribution < 1.29 is 9.53 Å². The van der Waals surface area contributed by atoms with Gasteiger partial charge in [0.1, 0.15) is 11.9 Å². The Morgan fingerprint density at radius 3 is 2.57 bits per heavy atom. The van der Waals surface area contributed by atoms with Gasteiger partial charge in [-0.05, 0) is 38.8 Å². The van der Waals surface area contributed by atoms with E-state index >= 15 is 0 Å². The number of ether oxygens (including phenoxy) is 1. The highest BCUT2D eigenvalue weighted by Gasteiger charge is 2.24. The van der Waals surface area contributed by atoms with E-state index < -0.39 is 0 Å². The summed E-state index contributed by atoms with van der Waals surface area (Å²) in [6.45, 7) is 10.8. The lowest BCUT2D eigenvalue weighted by Crippen LogP contribution is -2.50. The van der Waals surface area contributed by atoms with Gasteiger partial charge in [-0.2, -0.15) is 0 Å². The Balaban J connectivity index is 1.85. The summed E-state index contributed by atoms with van der Waals surface area (Å²) in [4.78, 5) is 18.8. The van der Waals surface area contributed by atoms with Gasteiger partial charge < -0.3 is 20.3 Å². The third kappa shape index (κ3) is 6.89. The number of likely N-dealkylation sites (tertiary alicyclic amines) is 1. The smallest absolute Gasteiger partial charge is 0.225 e. The molecule has 1 aromatic carbocycles. The van der Waals surface area contributed by atoms with Crippen LogP contribution < -0.4 is 15.4 Å². The first-order valence-corrected chi connectivity index (χ1v) is 10.5. The number of hydrogen-bond acceptors (Lipinski definition) is 3. The molecule has 1 unspecified atom stereocenters. The van der Waals surface area contributed by atoms with E-state index in [4.69, 9.17) is 16.3 Å². The van der Waals surface area contributed by atoms with Crippen LogP contribution in [-0.4, -0.2) is 55.1 Å². The van der Waals surface area contributed by atoms with Gasteiger partial charge in [0.2, 0.25) is 5.91 Å². The summed E-state index contributed by atoms with van der Waals surface area (Å²) in [5.74, 6) is 1.75. The first-order valence-electron chi connectivity index (χ1n) is 10.2. The number of benzene rings is 1. The maximum atomic E-state index is 12.1. The number of hydrogen-bond donors (Lipinski definition) is 2. The van der Waals surface area contributed by atoms with Crippen LogP contribution in [0.25, 0.3) is 0 Å². The Labute approximate surface area is 173 Å². The van der Waals surface area contributed by atoms with Crippen molar-refractivity contribution in [3.05, 3.63) is 29.3 Å². The molecule has 1 heterocycles. The Kier molecular flexibility index (Phi) is 8.90. The Hall–Kier alpha value is -1.95. The molecule has 0 aliphatic carbocycles. The fraction of sp³-hybridized carbons (Fsp3) is 0.619. The van der Waals surface area contributed by atoms with Crippen LogP contribution in [0.2, 0.25) is 5.02 Å². The summed E-state index contributed by atoms with van der Waals surface area (Å²) in [7, 11) is 0. The van der Waals surface area contributed by atoms with E-state index in [-0.39, 0.29) is 17.9 Å². The second-order valence-corrected chi connectivity index (χ2v) is 7.88. The van der Waals surface area contributed by atoms with Gasteiger partial charge in [-0.3, -0.25) is 4.79 Å². The summed E-state index contributed by atoms with van der Waals surface area (Å²) >= 11 is 6.15. The monoisotopic (exact) mass is 408 g/mol. The molecular weight excluding hydrogens is 376 g/mol. The lowest BCUT2D eigenvalue weighted by Gasteiger charge is -2.34. The Morgan fingerprint density at radius 2 is 1.96 bits per heavy atom. The van der Waals surface area contributed by atoms with Gasteiger partial charge in [0.05, 0.1) is 11.6 Å². The number of halogens is 1. The summed E-state index contributed by atoms with van der Waals surface area (Å²) in [5.41, 5.74) is 0. The van der Waals surface area contributed by atoms with Crippen molar-refractivity contribution in [2.24, 2.45) is 10.9 Å². The molecule has 1 fully saturated rings. The van der Waals surface area contributed by atoms with Crippen LogP contribution >= 0.6 is 11.6 Å². The molecule has 156 valence electrons. The van der Waals surface area contributed by atoms with Gasteiger partial charge in [0.25, 0.3) is 0 Å². The van der Waals surface area contributed by atoms with Crippen molar-refractivity contribution in [2.45, 2.75) is 52.7 Å². The summed E-state index contributed by atoms with van der Waals surface area (Å²) in [6, 6.07) is 7.77. The molecule has 1 aliphatic heterocycles. The van der Waals surface area contributed by atoms with Crippen LogP contribution in [-0.2, 0) is 4.79 Å². The normalized spacial score (nSPS) is 16.8. The van der Waals surface area contributed by atoms with Crippen LogP contribution in [0, 0.1) is 5.92 Å². The van der Waals surface area contributed by atoms with Crippen molar-refractivity contribution in [3.8, 4) is 5.75 Å². The second kappa shape index (κ2) is 11.1. The molecule has 2 rings (SSSR count). The van der Waals surface area contributed by atoms with Crippen LogP contribution in [0.5, 0.6) is 5.75 Å². The number of carbonyl (C=O) groups excluding carboxylic acids is 1. The zero-order chi connectivity index (χ0) is 20.5. The molecule has 1 amide bonds. The van der Waals surface area contributed by atoms with Gasteiger partial charge in [-0.15, -0.1) is 0 Å². The lowest BCUT2D eigenvalue weighted by molar-refractivity contribution is -0.135. The van der Waals surface area contributed by atoms with Gasteiger partial charge in [0, 0.05) is 31.6 Å². The molecule has 1 aliphatic rings. The minimum absolute atomic E-state index is 0.0583. The molecule has 0 spiro atoms. The zero-order valence-corrected chi connectivity index (χ0v) is 18.1. The minimum atomic E-state index is -0.0964. The third-order valence-electron chi connectivity index (χ3n) is 4.66. The van der Waals surface area contributed by atoms with E-state index in [2.05, 4.69) is 15.6 Å². The average Bonchev–Trinajstić information content (AvgIpc) is 2.68. The fourth-order valence-corrected chi connectivity index (χ4v) is 3.32. The SMILES string of the molecule is CCNC(=NCC(C)Oc1ccccc1Cl)NC1CCN(C(=O)C(C)C)CC1. The summed E-state index contributed by atoms with van der Waals surface area (Å²) in [6.07, 6.45) is 1.75. The van der Waals surface area contributed by atoms with Gasteiger partial charge in [-0.1, -0.05) is 37.6 Å². The van der Waals surface area contributed by atoms with Crippen LogP contribution in [0.1, 0.15) is 40.5 Å². The largest absolute Gasteiger partial charge is 0.487 e. The molecule has 2 N–H and O–H groups in total. The maximum absolute atomic E-state index is 12.1. The minimum Gasteiger partial charge on any atom is -0.487 e. The zero-order valence-electron chi connectivity index (χ0n) is 17.4. The molecule has 1 saturated heterocycles. The Morgan fingerprint density at radius 1 is 1.29 bits per heavy atom. The number of rotatable bonds is 7. The molecule has 1 aromatic rings. The van der Waals surface area contributed by atoms with E-state index in [1.54, 1.807) is 0 Å². The number of nitrogens with one attached hydrogen (secondary N) is 2. The molecule has 7 heteroatoms. The topological polar surface area (TPSA) is 66.0 Å². The van der Waals surface area contributed by atoms with Gasteiger partial charge >= 0.3 is 0 Å². The quantitative estimate of drug-likeness (QED) is 0.536. The van der Waals surface area contributed by atoms with Crippen molar-refractivity contribution >= 4 is 23.5 Å². The maximum Gasteiger partial charge on any atom is 0.225 e. The number of para-hydroxylation sites is 1. The van der Waals surface area contributed by atoms with E-state index in [0.717, 1.165) is 38.4 Å². The van der Waals surface area contributed by atoms with Gasteiger partial charge in [0.15, 0.2) is 5.96 Å². The molecule has 6 nitrogen and oxygen atoms in total. The summed E-state index contributed by atoms with van der Waals surface area (Å²) in [5, 5.41) is 7.39. The molecule has 1 atom stereocenters. The highest BCUT2D eigenvalue weighted by Crippen LogP contribution is 2.24. The molecule has 0 bridgehead atoms. The van der Waals surface area contributed by atoms with Crippen molar-refractivity contribution in [3.63, 3.8) is 0 Å². The highest BCUT2D eigenvalue weighted by molar-refractivity contribution is 6.32. The summed E-state index contributed by atoms with van der Waals surface area (Å²) < 4.78 is 5.89. The van der Waals surface area contributed by atoms with Crippen LogP contribution in [0.3, 0.4) is 0 Å². The van der Waals surface area contributed by atoms with Crippen molar-refractivity contribution in [1.82, 2.24) is 15.5 Å². The van der Waals surface area contributed by atoms with Crippen LogP contribution in [0.4, 0.5) is 0 Å². The van der Waals surface area contributed by atoms with Crippen LogP contribution in [0.15, 0.2) is 29.3 Å². The third-order valence-corrected chi connectivity index (χ3v) is 4.97. The predicted molar refractivity (Wildman–Crippen MR) is 115 cm³/mol. The van der Waals surface area contributed by atoms with Gasteiger partial charge in [-0.25, -0.2) is 4.99 Å². The number of aliphatic imine (C=N–C) groups is 1. The number of amides is 1. The van der Waals surface area contributed by atoms with E-state index in [0.29, 0.717) is 23.4 Å². The predicted octanol–water partition coefficient (Wildman–Crippen LogP) is 3.31. The number of nitrogens with zero attached hydrogens (tertiary/aromatic N) is 2. The van der Waals surface area contributed by atoms with Crippen molar-refractivity contribution in [2.75, 3.05) is 26.2 Å². The number of carbonyl (C=O) groups is 1. The lowest BCUT2D eigenvalue weighted by atomic mass is 10.0. The molecular formula is C21H33ClN4O2. The number of piperidine rings is 1. The second-order valence-electron chi connectivity index (χ2n) is 7.48. The van der Waals surface area contributed by atoms with E-state index in [1.165, 1.54) is 0 Å². The standard InChI is InChI=1S/C21H33ClN4O2/c1-5-23-21(24-14-16(4)28-19-9-7-6-8-18(19)22)25-17-10-12-26(13-11-17)20(27)15(2)3/h6-9,15-17H,5,10-14H2,1-4H3,(H2,23,24,25). The molecule has 0 radical (unpaired) electrons. The molecule has 28 heavy (non-hydrogen) atoms. The first-order chi connectivity index (χ1) is 13.4. The average molecular weight is 409 g/mol. The molecule has 0 saturated carbocycles. The van der Waals surface area contributed by atoms with E-state index in [9.17, 15) is 4.79 Å². The molecule has 0 aromatic heterocycles. The number of guanidine groups is 1. The first kappa shape index (κ1) is 22.3.